The molecule has 23 heavy (non-hydrogen) atoms. The molecule has 0 radical (unpaired) electrons. The third-order valence-electron chi connectivity index (χ3n) is 3.16. The van der Waals surface area contributed by atoms with Gasteiger partial charge in [0.1, 0.15) is 32.5 Å². The largest absolute Gasteiger partial charge is 0.387 e. The summed E-state index contributed by atoms with van der Waals surface area (Å²) in [5, 5.41) is 20.2. The minimum Gasteiger partial charge on any atom is -0.387 e. The van der Waals surface area contributed by atoms with Gasteiger partial charge in [0.15, 0.2) is 6.23 Å². The number of quaternary nitrogens is 1. The Hall–Kier alpha value is -0.660. The van der Waals surface area contributed by atoms with Gasteiger partial charge in [0.2, 0.25) is 0 Å². The molecule has 9 nitrogen and oxygen atoms in total. The SMILES string of the molecule is C[N+](C)(C)PPOC[C@H]1O[C@@H](n2ccc(N)nc2=O)[C@H](O)[C@@H]1O. The predicted octanol–water partition coefficient (Wildman–Crippen LogP) is -0.731. The van der Waals surface area contributed by atoms with Gasteiger partial charge in [-0.2, -0.15) is 4.98 Å². The van der Waals surface area contributed by atoms with Crippen LogP contribution in [0.25, 0.3) is 0 Å². The van der Waals surface area contributed by atoms with E-state index in [4.69, 9.17) is 15.0 Å². The summed E-state index contributed by atoms with van der Waals surface area (Å²) in [4.78, 5) is 15.4. The minimum atomic E-state index is -1.24. The maximum absolute atomic E-state index is 11.8. The Morgan fingerprint density at radius 3 is 2.74 bits per heavy atom. The van der Waals surface area contributed by atoms with Gasteiger partial charge in [-0.25, -0.2) is 4.79 Å². The van der Waals surface area contributed by atoms with E-state index in [1.807, 2.05) is 0 Å². The molecule has 1 aliphatic heterocycles. The van der Waals surface area contributed by atoms with Crippen LogP contribution in [0, 0.1) is 0 Å². The molecule has 0 amide bonds. The van der Waals surface area contributed by atoms with Crippen molar-refractivity contribution in [2.45, 2.75) is 24.5 Å². The number of anilines is 1. The first-order chi connectivity index (χ1) is 10.7. The van der Waals surface area contributed by atoms with Crippen LogP contribution >= 0.6 is 16.9 Å². The summed E-state index contributed by atoms with van der Waals surface area (Å²) < 4.78 is 13.0. The minimum absolute atomic E-state index is 0.0849. The molecule has 0 aliphatic carbocycles. The number of nitrogens with two attached hydrogens (primary N) is 1. The molecule has 1 saturated heterocycles. The van der Waals surface area contributed by atoms with Crippen LogP contribution in [-0.2, 0) is 9.26 Å². The van der Waals surface area contributed by atoms with E-state index < -0.39 is 30.2 Å². The molecule has 11 heteroatoms. The zero-order chi connectivity index (χ0) is 17.2. The summed E-state index contributed by atoms with van der Waals surface area (Å²) in [7, 11) is 7.05. The third kappa shape index (κ3) is 4.90. The van der Waals surface area contributed by atoms with Gasteiger partial charge in [-0.3, -0.25) is 4.57 Å². The second-order valence-corrected chi connectivity index (χ2v) is 9.47. The highest BCUT2D eigenvalue weighted by molar-refractivity contribution is 8.06. The molecule has 1 aliphatic rings. The molecule has 1 fully saturated rings. The maximum Gasteiger partial charge on any atom is 0.351 e. The molecule has 2 rings (SSSR count). The molecule has 0 spiro atoms. The summed E-state index contributed by atoms with van der Waals surface area (Å²) in [6, 6.07) is 1.43. The Morgan fingerprint density at radius 2 is 2.13 bits per heavy atom. The predicted molar refractivity (Wildman–Crippen MR) is 89.4 cm³/mol. The van der Waals surface area contributed by atoms with Gasteiger partial charge in [0, 0.05) is 6.20 Å². The van der Waals surface area contributed by atoms with E-state index in [0.29, 0.717) is 8.42 Å². The topological polar surface area (TPSA) is 120 Å². The van der Waals surface area contributed by atoms with Crippen molar-refractivity contribution in [3.05, 3.63) is 22.7 Å². The van der Waals surface area contributed by atoms with Gasteiger partial charge < -0.3 is 29.5 Å². The molecule has 2 unspecified atom stereocenters. The fourth-order valence-corrected chi connectivity index (χ4v) is 3.86. The fourth-order valence-electron chi connectivity index (χ4n) is 2.01. The lowest BCUT2D eigenvalue weighted by molar-refractivity contribution is -0.733. The number of aliphatic hydroxyl groups is 2. The first kappa shape index (κ1) is 18.7. The van der Waals surface area contributed by atoms with Crippen LogP contribution in [0.2, 0.25) is 0 Å². The Balaban J connectivity index is 1.97. The summed E-state index contributed by atoms with van der Waals surface area (Å²) >= 11 is 0. The van der Waals surface area contributed by atoms with E-state index in [1.165, 1.54) is 12.3 Å². The number of nitrogens with zero attached hydrogens (tertiary/aromatic N) is 3. The molecular formula is C12H23N4O5P2+. The zero-order valence-corrected chi connectivity index (χ0v) is 15.2. The smallest absolute Gasteiger partial charge is 0.351 e. The van der Waals surface area contributed by atoms with Crippen LogP contribution in [0.4, 0.5) is 5.82 Å². The van der Waals surface area contributed by atoms with Crippen molar-refractivity contribution in [2.24, 2.45) is 0 Å². The molecule has 0 saturated carbocycles. The summed E-state index contributed by atoms with van der Waals surface area (Å²) in [5.74, 6) is 0.0849. The number of rotatable bonds is 6. The average Bonchev–Trinajstić information content (AvgIpc) is 2.71. The van der Waals surface area contributed by atoms with Gasteiger partial charge in [0.05, 0.1) is 36.2 Å². The van der Waals surface area contributed by atoms with Crippen molar-refractivity contribution in [3.8, 4) is 0 Å². The lowest BCUT2D eigenvalue weighted by Crippen LogP contribution is -2.36. The zero-order valence-electron chi connectivity index (χ0n) is 13.2. The van der Waals surface area contributed by atoms with Crippen molar-refractivity contribution in [2.75, 3.05) is 33.5 Å². The van der Waals surface area contributed by atoms with E-state index in [9.17, 15) is 15.0 Å². The lowest BCUT2D eigenvalue weighted by atomic mass is 10.1. The van der Waals surface area contributed by atoms with E-state index in [2.05, 4.69) is 26.1 Å². The number of hydrogen-bond acceptors (Lipinski definition) is 7. The first-order valence-corrected chi connectivity index (χ1v) is 9.86. The van der Waals surface area contributed by atoms with Crippen LogP contribution < -0.4 is 11.4 Å². The van der Waals surface area contributed by atoms with Crippen molar-refractivity contribution < 1.29 is 23.7 Å². The van der Waals surface area contributed by atoms with Crippen molar-refractivity contribution >= 4 is 22.7 Å². The van der Waals surface area contributed by atoms with Gasteiger partial charge in [-0.05, 0) is 6.07 Å². The molecular weight excluding hydrogens is 342 g/mol. The summed E-state index contributed by atoms with van der Waals surface area (Å²) in [6.07, 6.45) is -2.71. The van der Waals surface area contributed by atoms with Gasteiger partial charge in [0.25, 0.3) is 0 Å². The monoisotopic (exact) mass is 365 g/mol. The second-order valence-electron chi connectivity index (χ2n) is 6.13. The van der Waals surface area contributed by atoms with Crippen LogP contribution in [0.1, 0.15) is 6.23 Å². The second kappa shape index (κ2) is 7.49. The normalized spacial score (nSPS) is 29.3. The number of aromatic nitrogens is 2. The number of ether oxygens (including phenoxy) is 1. The molecule has 1 aromatic heterocycles. The molecule has 0 aromatic carbocycles. The Labute approximate surface area is 137 Å². The quantitative estimate of drug-likeness (QED) is 0.449. The standard InChI is InChI=1S/C12H22N4O5P2/c1-16(2,3)22-23-20-6-7-9(17)10(18)11(21-7)15-5-4-8(13)14-12(15)19/h4-5,7,9-11,17-18,22-23H,6H2,1-3H3,(H-,13,14,19)/p+1/t7-,9-,10-,11-/m1/s1. The van der Waals surface area contributed by atoms with Crippen LogP contribution in [0.3, 0.4) is 0 Å². The highest BCUT2D eigenvalue weighted by atomic mass is 32.0. The highest BCUT2D eigenvalue weighted by Crippen LogP contribution is 2.43. The first-order valence-electron chi connectivity index (χ1n) is 7.01. The fraction of sp³-hybridized carbons (Fsp3) is 0.667. The van der Waals surface area contributed by atoms with Crippen LogP contribution in [0.5, 0.6) is 0 Å². The van der Waals surface area contributed by atoms with Crippen molar-refractivity contribution in [1.82, 2.24) is 9.55 Å². The molecule has 4 N–H and O–H groups in total. The van der Waals surface area contributed by atoms with Crippen LogP contribution in [-0.4, -0.2) is 70.1 Å². The van der Waals surface area contributed by atoms with Gasteiger partial charge in [-0.1, -0.05) is 0 Å². The third-order valence-corrected chi connectivity index (χ3v) is 6.96. The molecule has 130 valence electrons. The molecule has 2 heterocycles. The van der Waals surface area contributed by atoms with E-state index in [-0.39, 0.29) is 20.9 Å². The number of aliphatic hydroxyl groups excluding tert-OH is 2. The average molecular weight is 365 g/mol. The highest BCUT2D eigenvalue weighted by Gasteiger charge is 2.44. The van der Waals surface area contributed by atoms with Crippen LogP contribution in [0.15, 0.2) is 17.1 Å². The Morgan fingerprint density at radius 1 is 1.43 bits per heavy atom. The summed E-state index contributed by atoms with van der Waals surface area (Å²) in [6.45, 7) is 0.150. The lowest BCUT2D eigenvalue weighted by Gasteiger charge is -2.23. The van der Waals surface area contributed by atoms with Crippen molar-refractivity contribution in [1.29, 1.82) is 0 Å². The van der Waals surface area contributed by atoms with E-state index in [1.54, 1.807) is 0 Å². The van der Waals surface area contributed by atoms with Gasteiger partial charge >= 0.3 is 5.69 Å². The number of nitrogen functional groups attached to an aromatic ring is 1. The van der Waals surface area contributed by atoms with E-state index >= 15 is 0 Å². The number of hydrogen-bond donors (Lipinski definition) is 3. The summed E-state index contributed by atoms with van der Waals surface area (Å²) in [5.41, 5.74) is 4.79. The molecule has 6 atom stereocenters. The maximum atomic E-state index is 11.8. The van der Waals surface area contributed by atoms with Crippen molar-refractivity contribution in [3.63, 3.8) is 0 Å². The Bertz CT molecular complexity index is 594. The molecule has 0 bridgehead atoms. The Kier molecular flexibility index (Phi) is 6.08. The van der Waals surface area contributed by atoms with Gasteiger partial charge in [-0.15, -0.1) is 0 Å². The molecule has 1 aromatic rings. The van der Waals surface area contributed by atoms with E-state index in [0.717, 1.165) is 8.82 Å².